The lowest BCUT2D eigenvalue weighted by Crippen LogP contribution is -2.33. The Hall–Kier alpha value is -1.31. The molecule has 1 saturated carbocycles. The van der Waals surface area contributed by atoms with Gasteiger partial charge in [0.2, 0.25) is 10.0 Å². The van der Waals surface area contributed by atoms with Crippen molar-refractivity contribution in [2.24, 2.45) is 0 Å². The minimum atomic E-state index is -3.87. The van der Waals surface area contributed by atoms with Crippen LogP contribution in [0.2, 0.25) is 15.1 Å². The standard InChI is InChI=1S/C18H17Cl3N2O3S/c19-13-7-3-4-8-16(13)22-18(24)12-9-17(15(21)10-14(12)20)27(25,26)23-11-5-1-2-6-11/h3-4,7-11,23H,1-2,5-6H2,(H,22,24). The van der Waals surface area contributed by atoms with Gasteiger partial charge in [-0.25, -0.2) is 13.1 Å². The molecule has 0 unspecified atom stereocenters. The second-order valence-corrected chi connectivity index (χ2v) is 9.20. The lowest BCUT2D eigenvalue weighted by molar-refractivity contribution is 0.102. The summed E-state index contributed by atoms with van der Waals surface area (Å²) in [5, 5.41) is 2.98. The van der Waals surface area contributed by atoms with Crippen LogP contribution in [0.15, 0.2) is 41.3 Å². The third-order valence-corrected chi connectivity index (χ3v) is 6.98. The van der Waals surface area contributed by atoms with E-state index < -0.39 is 15.9 Å². The van der Waals surface area contributed by atoms with Crippen molar-refractivity contribution < 1.29 is 13.2 Å². The second kappa shape index (κ2) is 8.37. The lowest BCUT2D eigenvalue weighted by atomic mass is 10.2. The second-order valence-electron chi connectivity index (χ2n) is 6.30. The van der Waals surface area contributed by atoms with Crippen LogP contribution in [0.1, 0.15) is 36.0 Å². The van der Waals surface area contributed by atoms with E-state index in [1.807, 2.05) is 0 Å². The van der Waals surface area contributed by atoms with Crippen LogP contribution < -0.4 is 10.0 Å². The fourth-order valence-corrected chi connectivity index (χ4v) is 5.33. The topological polar surface area (TPSA) is 75.3 Å². The van der Waals surface area contributed by atoms with Crippen LogP contribution in [-0.4, -0.2) is 20.4 Å². The molecule has 9 heteroatoms. The molecule has 0 heterocycles. The number of benzene rings is 2. The number of amides is 1. The molecule has 0 spiro atoms. The molecule has 5 nitrogen and oxygen atoms in total. The number of hydrogen-bond acceptors (Lipinski definition) is 3. The zero-order valence-corrected chi connectivity index (χ0v) is 17.2. The summed E-state index contributed by atoms with van der Waals surface area (Å²) >= 11 is 18.3. The average Bonchev–Trinajstić information content (AvgIpc) is 3.08. The van der Waals surface area contributed by atoms with Crippen LogP contribution in [0.25, 0.3) is 0 Å². The van der Waals surface area contributed by atoms with Gasteiger partial charge in [-0.05, 0) is 37.1 Å². The molecule has 2 N–H and O–H groups in total. The van der Waals surface area contributed by atoms with Gasteiger partial charge in [0.1, 0.15) is 4.90 Å². The van der Waals surface area contributed by atoms with E-state index in [1.54, 1.807) is 24.3 Å². The molecule has 0 atom stereocenters. The van der Waals surface area contributed by atoms with E-state index >= 15 is 0 Å². The van der Waals surface area contributed by atoms with Crippen LogP contribution in [0.4, 0.5) is 5.69 Å². The van der Waals surface area contributed by atoms with Crippen LogP contribution in [0, 0.1) is 0 Å². The van der Waals surface area contributed by atoms with Crippen LogP contribution in [-0.2, 0) is 10.0 Å². The van der Waals surface area contributed by atoms with Gasteiger partial charge in [-0.15, -0.1) is 0 Å². The van der Waals surface area contributed by atoms with Gasteiger partial charge in [0.05, 0.1) is 26.3 Å². The van der Waals surface area contributed by atoms with Crippen molar-refractivity contribution in [3.8, 4) is 0 Å². The third kappa shape index (κ3) is 4.76. The molecular formula is C18H17Cl3N2O3S. The Balaban J connectivity index is 1.91. The molecule has 0 radical (unpaired) electrons. The van der Waals surface area contributed by atoms with E-state index in [-0.39, 0.29) is 26.5 Å². The lowest BCUT2D eigenvalue weighted by Gasteiger charge is -2.15. The number of rotatable bonds is 5. The predicted molar refractivity (Wildman–Crippen MR) is 108 cm³/mol. The Morgan fingerprint density at radius 3 is 2.30 bits per heavy atom. The minimum Gasteiger partial charge on any atom is -0.321 e. The summed E-state index contributed by atoms with van der Waals surface area (Å²) < 4.78 is 28.1. The quantitative estimate of drug-likeness (QED) is 0.668. The van der Waals surface area contributed by atoms with Gasteiger partial charge in [0, 0.05) is 6.04 Å². The van der Waals surface area contributed by atoms with Gasteiger partial charge in [-0.3, -0.25) is 4.79 Å². The maximum absolute atomic E-state index is 12.7. The van der Waals surface area contributed by atoms with Gasteiger partial charge in [-0.2, -0.15) is 0 Å². The first-order chi connectivity index (χ1) is 12.8. The third-order valence-electron chi connectivity index (χ3n) is 4.35. The first-order valence-electron chi connectivity index (χ1n) is 8.35. The van der Waals surface area contributed by atoms with E-state index in [9.17, 15) is 13.2 Å². The van der Waals surface area contributed by atoms with Crippen molar-refractivity contribution in [3.63, 3.8) is 0 Å². The Kier molecular flexibility index (Phi) is 6.33. The average molecular weight is 448 g/mol. The summed E-state index contributed by atoms with van der Waals surface area (Å²) in [7, 11) is -3.87. The highest BCUT2D eigenvalue weighted by molar-refractivity contribution is 7.89. The van der Waals surface area contributed by atoms with Crippen molar-refractivity contribution in [1.82, 2.24) is 4.72 Å². The van der Waals surface area contributed by atoms with Crippen molar-refractivity contribution >= 4 is 56.4 Å². The minimum absolute atomic E-state index is 0.00668. The summed E-state index contributed by atoms with van der Waals surface area (Å²) in [4.78, 5) is 12.4. The van der Waals surface area contributed by atoms with E-state index in [0.717, 1.165) is 25.7 Å². The maximum Gasteiger partial charge on any atom is 0.257 e. The van der Waals surface area contributed by atoms with Crippen molar-refractivity contribution in [1.29, 1.82) is 0 Å². The van der Waals surface area contributed by atoms with E-state index in [0.29, 0.717) is 10.7 Å². The number of carbonyl (C=O) groups excluding carboxylic acids is 1. The molecule has 0 aromatic heterocycles. The molecule has 1 fully saturated rings. The molecule has 2 aromatic rings. The molecule has 0 aliphatic heterocycles. The van der Waals surface area contributed by atoms with Gasteiger partial charge in [-0.1, -0.05) is 59.8 Å². The van der Waals surface area contributed by atoms with Crippen molar-refractivity contribution in [2.75, 3.05) is 5.32 Å². The number of halogens is 3. The van der Waals surface area contributed by atoms with Gasteiger partial charge >= 0.3 is 0 Å². The molecule has 144 valence electrons. The zero-order valence-electron chi connectivity index (χ0n) is 14.1. The van der Waals surface area contributed by atoms with Crippen LogP contribution >= 0.6 is 34.8 Å². The molecule has 2 aromatic carbocycles. The molecule has 0 bridgehead atoms. The Bertz CT molecular complexity index is 974. The Morgan fingerprint density at radius 2 is 1.63 bits per heavy atom. The first kappa shape index (κ1) is 20.4. The fraction of sp³-hybridized carbons (Fsp3) is 0.278. The monoisotopic (exact) mass is 446 g/mol. The van der Waals surface area contributed by atoms with Crippen LogP contribution in [0.3, 0.4) is 0 Å². The number of nitrogens with one attached hydrogen (secondary N) is 2. The summed E-state index contributed by atoms with van der Waals surface area (Å²) in [5.74, 6) is -0.581. The molecule has 1 amide bonds. The van der Waals surface area contributed by atoms with Gasteiger partial charge in [0.15, 0.2) is 0 Å². The van der Waals surface area contributed by atoms with E-state index in [2.05, 4.69) is 10.0 Å². The zero-order chi connectivity index (χ0) is 19.6. The summed E-state index contributed by atoms with van der Waals surface area (Å²) in [6.45, 7) is 0. The van der Waals surface area contributed by atoms with Crippen LogP contribution in [0.5, 0.6) is 0 Å². The number of carbonyl (C=O) groups is 1. The summed E-state index contributed by atoms with van der Waals surface area (Å²) in [6, 6.07) is 9.02. The molecule has 1 aliphatic rings. The summed E-state index contributed by atoms with van der Waals surface area (Å²) in [5.41, 5.74) is 0.386. The highest BCUT2D eigenvalue weighted by atomic mass is 35.5. The van der Waals surface area contributed by atoms with E-state index in [4.69, 9.17) is 34.8 Å². The SMILES string of the molecule is O=C(Nc1ccccc1Cl)c1cc(S(=O)(=O)NC2CCCC2)c(Cl)cc1Cl. The fourth-order valence-electron chi connectivity index (χ4n) is 2.99. The molecular weight excluding hydrogens is 431 g/mol. The molecule has 3 rings (SSSR count). The van der Waals surface area contributed by atoms with Gasteiger partial charge < -0.3 is 5.32 Å². The molecule has 27 heavy (non-hydrogen) atoms. The highest BCUT2D eigenvalue weighted by Crippen LogP contribution is 2.31. The predicted octanol–water partition coefficient (Wildman–Crippen LogP) is 5.12. The smallest absolute Gasteiger partial charge is 0.257 e. The first-order valence-corrected chi connectivity index (χ1v) is 11.0. The molecule has 0 saturated heterocycles. The van der Waals surface area contributed by atoms with Gasteiger partial charge in [0.25, 0.3) is 5.91 Å². The number of sulfonamides is 1. The molecule has 1 aliphatic carbocycles. The van der Waals surface area contributed by atoms with E-state index in [1.165, 1.54) is 12.1 Å². The number of anilines is 1. The maximum atomic E-state index is 12.7. The Morgan fingerprint density at radius 1 is 0.963 bits per heavy atom. The normalized spacial score (nSPS) is 15.1. The van der Waals surface area contributed by atoms with Crippen molar-refractivity contribution in [3.05, 3.63) is 57.0 Å². The summed E-state index contributed by atoms with van der Waals surface area (Å²) in [6.07, 6.45) is 3.52. The van der Waals surface area contributed by atoms with Crippen molar-refractivity contribution in [2.45, 2.75) is 36.6 Å². The Labute approximate surface area is 173 Å². The number of para-hydroxylation sites is 1. The highest BCUT2D eigenvalue weighted by Gasteiger charge is 2.27. The largest absolute Gasteiger partial charge is 0.321 e. The number of hydrogen-bond donors (Lipinski definition) is 2.